The van der Waals surface area contributed by atoms with Gasteiger partial charge in [-0.2, -0.15) is 0 Å². The Morgan fingerprint density at radius 2 is 1.88 bits per heavy atom. The van der Waals surface area contributed by atoms with E-state index < -0.39 is 0 Å². The zero-order valence-corrected chi connectivity index (χ0v) is 11.2. The Labute approximate surface area is 105 Å². The number of hydrogen-bond donors (Lipinski definition) is 0. The zero-order chi connectivity index (χ0) is 11.2. The highest BCUT2D eigenvalue weighted by Crippen LogP contribution is 2.53. The molecule has 1 aliphatic rings. The minimum atomic E-state index is 0.251. The Hall–Kier alpha value is -0.540. The minimum absolute atomic E-state index is 0.251. The number of nitrogens with zero attached hydrogens (tertiary/aromatic N) is 1. The van der Waals surface area contributed by atoms with Gasteiger partial charge in [0.2, 0.25) is 0 Å². The van der Waals surface area contributed by atoms with Crippen molar-refractivity contribution in [3.8, 4) is 0 Å². The molecule has 0 saturated carbocycles. The van der Waals surface area contributed by atoms with Crippen LogP contribution in [0.2, 0.25) is 0 Å². The first-order valence-electron chi connectivity index (χ1n) is 5.53. The lowest BCUT2D eigenvalue weighted by Gasteiger charge is -2.21. The van der Waals surface area contributed by atoms with E-state index in [-0.39, 0.29) is 4.08 Å². The molecule has 1 aliphatic heterocycles. The van der Waals surface area contributed by atoms with E-state index in [0.717, 1.165) is 0 Å². The van der Waals surface area contributed by atoms with Gasteiger partial charge in [-0.25, -0.2) is 0 Å². The lowest BCUT2D eigenvalue weighted by Crippen LogP contribution is -2.07. The van der Waals surface area contributed by atoms with Crippen molar-refractivity contribution in [2.24, 2.45) is 7.05 Å². The van der Waals surface area contributed by atoms with E-state index in [2.05, 4.69) is 72.5 Å². The zero-order valence-electron chi connectivity index (χ0n) is 9.56. The molecule has 0 atom stereocenters. The van der Waals surface area contributed by atoms with E-state index in [1.54, 1.807) is 0 Å². The quantitative estimate of drug-likeness (QED) is 0.757. The molecule has 0 N–H and O–H groups in total. The van der Waals surface area contributed by atoms with Gasteiger partial charge in [0.05, 0.1) is 4.08 Å². The number of benzene rings is 1. The lowest BCUT2D eigenvalue weighted by molar-refractivity contribution is 0.939. The van der Waals surface area contributed by atoms with Crippen molar-refractivity contribution in [3.63, 3.8) is 0 Å². The molecule has 84 valence electrons. The van der Waals surface area contributed by atoms with E-state index in [1.807, 2.05) is 0 Å². The highest BCUT2D eigenvalue weighted by atomic mass is 32.2. The molecule has 1 saturated heterocycles. The molecule has 1 aromatic carbocycles. The summed E-state index contributed by atoms with van der Waals surface area (Å²) in [5, 5.41) is 1.41. The van der Waals surface area contributed by atoms with Gasteiger partial charge in [-0.15, -0.1) is 23.5 Å². The van der Waals surface area contributed by atoms with Crippen LogP contribution in [0, 0.1) is 0 Å². The summed E-state index contributed by atoms with van der Waals surface area (Å²) in [6.45, 7) is 2.36. The first-order valence-corrected chi connectivity index (χ1v) is 7.50. The number of hydrogen-bond acceptors (Lipinski definition) is 2. The summed E-state index contributed by atoms with van der Waals surface area (Å²) < 4.78 is 2.50. The fraction of sp³-hybridized carbons (Fsp3) is 0.385. The maximum absolute atomic E-state index is 2.36. The van der Waals surface area contributed by atoms with Crippen LogP contribution in [-0.2, 0) is 11.1 Å². The smallest absolute Gasteiger partial charge is 0.0853 e. The molecule has 2 aromatic rings. The molecule has 2 heterocycles. The first kappa shape index (κ1) is 10.6. The second-order valence-corrected chi connectivity index (χ2v) is 7.60. The van der Waals surface area contributed by atoms with E-state index in [4.69, 9.17) is 0 Å². The van der Waals surface area contributed by atoms with Crippen molar-refractivity contribution < 1.29 is 0 Å². The normalized spacial score (nSPS) is 19.4. The Morgan fingerprint density at radius 3 is 2.62 bits per heavy atom. The maximum atomic E-state index is 2.36. The van der Waals surface area contributed by atoms with Gasteiger partial charge in [0.25, 0.3) is 0 Å². The number of fused-ring (bicyclic) bond motifs is 1. The third-order valence-corrected chi connectivity index (χ3v) is 6.55. The van der Waals surface area contributed by atoms with Gasteiger partial charge in [-0.3, -0.25) is 0 Å². The summed E-state index contributed by atoms with van der Waals surface area (Å²) in [6, 6.07) is 8.70. The second kappa shape index (κ2) is 3.74. The molecule has 0 bridgehead atoms. The molecule has 0 aliphatic carbocycles. The summed E-state index contributed by atoms with van der Waals surface area (Å²) >= 11 is 4.15. The molecule has 1 nitrogen and oxygen atoms in total. The second-order valence-electron chi connectivity index (χ2n) is 4.31. The van der Waals surface area contributed by atoms with Crippen LogP contribution in [0.1, 0.15) is 12.5 Å². The predicted octanol–water partition coefficient (Wildman–Crippen LogP) is 3.83. The van der Waals surface area contributed by atoms with Gasteiger partial charge in [0.1, 0.15) is 0 Å². The van der Waals surface area contributed by atoms with Crippen molar-refractivity contribution in [1.29, 1.82) is 0 Å². The average molecular weight is 249 g/mol. The summed E-state index contributed by atoms with van der Waals surface area (Å²) in [5.41, 5.74) is 2.82. The van der Waals surface area contributed by atoms with E-state index in [9.17, 15) is 0 Å². The summed E-state index contributed by atoms with van der Waals surface area (Å²) in [6.07, 6.45) is 2.30. The molecule has 3 heteroatoms. The maximum Gasteiger partial charge on any atom is 0.0853 e. The standard InChI is InChI=1S/C13H15NS2/c1-13(15-7-8-16-13)11-9-14(2)12-6-4-3-5-10(11)12/h3-6,9H,7-8H2,1-2H3. The highest BCUT2D eigenvalue weighted by Gasteiger charge is 2.34. The topological polar surface area (TPSA) is 4.93 Å². The van der Waals surface area contributed by atoms with Crippen LogP contribution in [0.15, 0.2) is 30.5 Å². The summed E-state index contributed by atoms with van der Waals surface area (Å²) in [7, 11) is 2.14. The summed E-state index contributed by atoms with van der Waals surface area (Å²) in [5.74, 6) is 2.54. The van der Waals surface area contributed by atoms with E-state index >= 15 is 0 Å². The van der Waals surface area contributed by atoms with Crippen LogP contribution < -0.4 is 0 Å². The first-order chi connectivity index (χ1) is 7.71. The van der Waals surface area contributed by atoms with Crippen LogP contribution in [-0.4, -0.2) is 16.1 Å². The molecule has 1 aromatic heterocycles. The number of para-hydroxylation sites is 1. The van der Waals surface area contributed by atoms with E-state index in [1.165, 1.54) is 28.0 Å². The third-order valence-electron chi connectivity index (χ3n) is 3.22. The Bertz CT molecular complexity index is 524. The lowest BCUT2D eigenvalue weighted by atomic mass is 10.1. The minimum Gasteiger partial charge on any atom is -0.350 e. The van der Waals surface area contributed by atoms with Gasteiger partial charge in [-0.1, -0.05) is 18.2 Å². The Kier molecular flexibility index (Phi) is 2.48. The van der Waals surface area contributed by atoms with Crippen LogP contribution in [0.5, 0.6) is 0 Å². The fourth-order valence-corrected chi connectivity index (χ4v) is 5.29. The molecule has 3 rings (SSSR count). The molecule has 1 fully saturated rings. The average Bonchev–Trinajstić information content (AvgIpc) is 2.86. The van der Waals surface area contributed by atoms with E-state index in [0.29, 0.717) is 0 Å². The van der Waals surface area contributed by atoms with Crippen LogP contribution in [0.4, 0.5) is 0 Å². The largest absolute Gasteiger partial charge is 0.350 e. The van der Waals surface area contributed by atoms with Crippen LogP contribution in [0.3, 0.4) is 0 Å². The monoisotopic (exact) mass is 249 g/mol. The fourth-order valence-electron chi connectivity index (χ4n) is 2.37. The predicted molar refractivity (Wildman–Crippen MR) is 75.2 cm³/mol. The molecule has 0 unspecified atom stereocenters. The molecular weight excluding hydrogens is 234 g/mol. The molecular formula is C13H15NS2. The van der Waals surface area contributed by atoms with Crippen LogP contribution in [0.25, 0.3) is 10.9 Å². The SMILES string of the molecule is Cn1cc(C2(C)SCCS2)c2ccccc21. The Balaban J connectivity index is 2.24. The molecule has 0 amide bonds. The highest BCUT2D eigenvalue weighted by molar-refractivity contribution is 8.20. The number of rotatable bonds is 1. The van der Waals surface area contributed by atoms with Gasteiger partial charge >= 0.3 is 0 Å². The van der Waals surface area contributed by atoms with Crippen molar-refractivity contribution in [2.75, 3.05) is 11.5 Å². The Morgan fingerprint density at radius 1 is 1.19 bits per heavy atom. The van der Waals surface area contributed by atoms with Gasteiger partial charge in [0.15, 0.2) is 0 Å². The molecule has 0 spiro atoms. The molecule has 0 radical (unpaired) electrons. The number of thioether (sulfide) groups is 2. The van der Waals surface area contributed by atoms with Crippen molar-refractivity contribution in [1.82, 2.24) is 4.57 Å². The van der Waals surface area contributed by atoms with Crippen molar-refractivity contribution >= 4 is 34.4 Å². The van der Waals surface area contributed by atoms with Gasteiger partial charge < -0.3 is 4.57 Å². The number of aryl methyl sites for hydroxylation is 1. The van der Waals surface area contributed by atoms with Crippen molar-refractivity contribution in [2.45, 2.75) is 11.0 Å². The van der Waals surface area contributed by atoms with Crippen LogP contribution >= 0.6 is 23.5 Å². The van der Waals surface area contributed by atoms with Gasteiger partial charge in [-0.05, 0) is 13.0 Å². The third kappa shape index (κ3) is 1.49. The molecule has 16 heavy (non-hydrogen) atoms. The van der Waals surface area contributed by atoms with Crippen molar-refractivity contribution in [3.05, 3.63) is 36.0 Å². The number of aromatic nitrogens is 1. The summed E-state index contributed by atoms with van der Waals surface area (Å²) in [4.78, 5) is 0. The van der Waals surface area contributed by atoms with Gasteiger partial charge in [0, 0.05) is 41.2 Å².